The van der Waals surface area contributed by atoms with Crippen LogP contribution < -0.4 is 20.1 Å². The summed E-state index contributed by atoms with van der Waals surface area (Å²) in [5.41, 5.74) is 1.98. The van der Waals surface area contributed by atoms with Crippen LogP contribution in [0, 0.1) is 13.8 Å². The van der Waals surface area contributed by atoms with Gasteiger partial charge in [-0.15, -0.1) is 0 Å². The summed E-state index contributed by atoms with van der Waals surface area (Å²) in [6.07, 6.45) is -9.06. The highest BCUT2D eigenvalue weighted by molar-refractivity contribution is 6.32. The van der Waals surface area contributed by atoms with Crippen LogP contribution >= 0.6 is 23.2 Å². The van der Waals surface area contributed by atoms with Crippen LogP contribution in [-0.2, 0) is 35.0 Å². The van der Waals surface area contributed by atoms with Crippen molar-refractivity contribution >= 4 is 68.2 Å². The Kier molecular flexibility index (Phi) is 15.9. The van der Waals surface area contributed by atoms with Crippen LogP contribution in [0.3, 0.4) is 0 Å². The number of fused-ring (bicyclic) bond motifs is 2. The number of anilines is 2. The molecule has 0 radical (unpaired) electrons. The van der Waals surface area contributed by atoms with E-state index in [1.807, 2.05) is 32.2 Å². The summed E-state index contributed by atoms with van der Waals surface area (Å²) in [6, 6.07) is 15.7. The number of hydrogen-bond acceptors (Lipinski definition) is 6. The third kappa shape index (κ3) is 11.6. The summed E-state index contributed by atoms with van der Waals surface area (Å²) in [6.45, 7) is 17.8. The van der Waals surface area contributed by atoms with Crippen LogP contribution in [0.1, 0.15) is 61.7 Å². The third-order valence-electron chi connectivity index (χ3n) is 11.9. The van der Waals surface area contributed by atoms with Gasteiger partial charge >= 0.3 is 12.4 Å². The molecule has 0 fully saturated rings. The highest BCUT2D eigenvalue weighted by Gasteiger charge is 2.34. The lowest BCUT2D eigenvalue weighted by Crippen LogP contribution is -2.28. The van der Waals surface area contributed by atoms with Crippen LogP contribution in [0.15, 0.2) is 79.0 Å². The molecule has 6 rings (SSSR count). The Morgan fingerprint density at radius 3 is 1.88 bits per heavy atom. The van der Waals surface area contributed by atoms with E-state index >= 15 is 0 Å². The van der Waals surface area contributed by atoms with Gasteiger partial charge < -0.3 is 39.0 Å². The van der Waals surface area contributed by atoms with Crippen molar-refractivity contribution in [3.8, 4) is 11.5 Å². The molecular weight excluding hydrogens is 909 g/mol. The number of alkyl halides is 6. The minimum Gasteiger partial charge on any atom is -0.482 e. The second-order valence-electron chi connectivity index (χ2n) is 15.8. The predicted molar refractivity (Wildman–Crippen MR) is 248 cm³/mol. The van der Waals surface area contributed by atoms with Crippen LogP contribution in [-0.4, -0.2) is 76.6 Å². The average molecular weight is 962 g/mol. The molecule has 0 aliphatic heterocycles. The monoisotopic (exact) mass is 960 g/mol. The molecule has 2 heterocycles. The number of benzene rings is 4. The van der Waals surface area contributed by atoms with Crippen molar-refractivity contribution in [2.45, 2.75) is 73.1 Å². The molecular formula is C48H52Cl2F6N6O4. The number of carbonyl (C=O) groups is 2. The third-order valence-corrected chi connectivity index (χ3v) is 12.4. The number of aromatic nitrogens is 2. The van der Waals surface area contributed by atoms with Gasteiger partial charge in [-0.2, -0.15) is 26.3 Å². The molecule has 1 atom stereocenters. The number of halogens is 8. The summed E-state index contributed by atoms with van der Waals surface area (Å²) >= 11 is 12.6. The van der Waals surface area contributed by atoms with Gasteiger partial charge in [0, 0.05) is 76.8 Å². The Balaban J connectivity index is 1.43. The Bertz CT molecular complexity index is 2690. The Hall–Kier alpha value is -5.42. The maximum Gasteiger partial charge on any atom is 0.416 e. The second-order valence-corrected chi connectivity index (χ2v) is 16.6. The van der Waals surface area contributed by atoms with Crippen molar-refractivity contribution in [2.24, 2.45) is 0 Å². The first-order valence-corrected chi connectivity index (χ1v) is 22.3. The van der Waals surface area contributed by atoms with Gasteiger partial charge in [-0.3, -0.25) is 9.59 Å². The number of aryl methyl sites for hydroxylation is 1. The normalized spacial score (nSPS) is 12.7. The Labute approximate surface area is 389 Å². The largest absolute Gasteiger partial charge is 0.482 e. The molecule has 0 saturated carbocycles. The number of carbonyl (C=O) groups excluding carboxylic acids is 2. The highest BCUT2D eigenvalue weighted by Crippen LogP contribution is 2.40. The lowest BCUT2D eigenvalue weighted by atomic mass is 10.0. The van der Waals surface area contributed by atoms with Gasteiger partial charge in [-0.05, 0) is 118 Å². The number of ether oxygens (including phenoxy) is 2. The smallest absolute Gasteiger partial charge is 0.416 e. The molecule has 2 N–H and O–H groups in total. The van der Waals surface area contributed by atoms with Gasteiger partial charge in [0.25, 0.3) is 11.8 Å². The molecule has 10 nitrogen and oxygen atoms in total. The summed E-state index contributed by atoms with van der Waals surface area (Å²) < 4.78 is 97.3. The minimum absolute atomic E-state index is 0.0857. The zero-order chi connectivity index (χ0) is 48.1. The van der Waals surface area contributed by atoms with E-state index in [4.69, 9.17) is 32.7 Å². The molecule has 0 bridgehead atoms. The van der Waals surface area contributed by atoms with Gasteiger partial charge in [-0.1, -0.05) is 50.9 Å². The van der Waals surface area contributed by atoms with E-state index in [1.165, 1.54) is 0 Å². The van der Waals surface area contributed by atoms with Gasteiger partial charge in [0.2, 0.25) is 6.10 Å². The topological polar surface area (TPSA) is 93.0 Å². The number of amides is 2. The number of nitrogens with zero attached hydrogens (tertiary/aromatic N) is 4. The second kappa shape index (κ2) is 21.0. The van der Waals surface area contributed by atoms with Crippen molar-refractivity contribution in [2.75, 3.05) is 56.5 Å². The average Bonchev–Trinajstić information content (AvgIpc) is 3.78. The molecule has 2 aromatic heterocycles. The Morgan fingerprint density at radius 1 is 0.712 bits per heavy atom. The molecule has 66 heavy (non-hydrogen) atoms. The molecule has 6 aromatic rings. The van der Waals surface area contributed by atoms with E-state index in [9.17, 15) is 35.9 Å². The van der Waals surface area contributed by atoms with E-state index < -0.39 is 53.0 Å². The van der Waals surface area contributed by atoms with Crippen molar-refractivity contribution in [3.05, 3.63) is 117 Å². The van der Waals surface area contributed by atoms with Crippen molar-refractivity contribution in [3.63, 3.8) is 0 Å². The van der Waals surface area contributed by atoms with Gasteiger partial charge in [0.15, 0.2) is 6.61 Å². The van der Waals surface area contributed by atoms with E-state index in [0.717, 1.165) is 91.1 Å². The fourth-order valence-corrected chi connectivity index (χ4v) is 8.31. The first-order chi connectivity index (χ1) is 31.3. The quantitative estimate of drug-likeness (QED) is 0.0786. The Morgan fingerprint density at radius 2 is 1.30 bits per heavy atom. The molecule has 0 aliphatic carbocycles. The molecule has 1 unspecified atom stereocenters. The predicted octanol–water partition coefficient (Wildman–Crippen LogP) is 12.0. The molecule has 0 spiro atoms. The maximum atomic E-state index is 14.8. The van der Waals surface area contributed by atoms with Crippen molar-refractivity contribution in [1.29, 1.82) is 0 Å². The molecule has 0 aliphatic rings. The minimum atomic E-state index is -4.72. The first-order valence-electron chi connectivity index (χ1n) is 21.6. The van der Waals surface area contributed by atoms with Crippen molar-refractivity contribution in [1.82, 2.24) is 18.9 Å². The van der Waals surface area contributed by atoms with Crippen LogP contribution in [0.4, 0.5) is 37.7 Å². The maximum absolute atomic E-state index is 14.8. The summed E-state index contributed by atoms with van der Waals surface area (Å²) in [4.78, 5) is 33.1. The lowest BCUT2D eigenvalue weighted by Gasteiger charge is -2.24. The number of likely N-dealkylation sites (N-methyl/N-ethyl adjacent to an activating group) is 2. The van der Waals surface area contributed by atoms with Gasteiger partial charge in [0.05, 0.1) is 21.2 Å². The van der Waals surface area contributed by atoms with Crippen molar-refractivity contribution < 1.29 is 45.4 Å². The van der Waals surface area contributed by atoms with Crippen LogP contribution in [0.25, 0.3) is 21.8 Å². The number of hydrogen-bond donors (Lipinski definition) is 2. The number of nitrogens with one attached hydrogen (secondary N) is 2. The fourth-order valence-electron chi connectivity index (χ4n) is 7.85. The van der Waals surface area contributed by atoms with Crippen LogP contribution in [0.2, 0.25) is 10.0 Å². The van der Waals surface area contributed by atoms with E-state index in [2.05, 4.69) is 57.3 Å². The summed E-state index contributed by atoms with van der Waals surface area (Å²) in [5, 5.41) is 6.48. The zero-order valence-corrected chi connectivity index (χ0v) is 38.9. The van der Waals surface area contributed by atoms with Crippen LogP contribution in [0.5, 0.6) is 11.5 Å². The molecule has 2 amide bonds. The molecule has 4 aromatic carbocycles. The zero-order valence-electron chi connectivity index (χ0n) is 37.4. The molecule has 18 heteroatoms. The van der Waals surface area contributed by atoms with Gasteiger partial charge in [0.1, 0.15) is 11.5 Å². The highest BCUT2D eigenvalue weighted by atomic mass is 35.5. The lowest BCUT2D eigenvalue weighted by molar-refractivity contribution is -0.138. The fraction of sp³-hybridized carbons (Fsp3) is 0.375. The first kappa shape index (κ1) is 50.0. The number of rotatable bonds is 19. The molecule has 354 valence electrons. The van der Waals surface area contributed by atoms with E-state index in [0.29, 0.717) is 36.4 Å². The SMILES string of the molecule is CCN(CC)CCn1ccc2cc(NC(=O)C(Oc3ccc(C(F)(F)F)cc3Cl)c3cc4c(cc3NC(=O)COc3ccc(C(F)(F)F)cc3Cl)c(C)c(C)n4CCN(CC)CC)ccc21. The molecule has 0 saturated heterocycles. The standard InChI is InChI=1S/C48H52Cl2F6N6O4/c1-7-59(8-2)19-21-61-18-17-31-23-34(13-14-40(31)61)57-46(64)45(66-43-16-12-33(25-38(43)50)48(54,55)56)36-27-41-35(29(5)30(6)62(41)22-20-60(9-3)10-4)26-39(36)58-44(63)28-65-42-15-11-32(24-37(42)49)47(51,52)53/h11-18,23-27,45H,7-10,19-22,28H2,1-6H3,(H,57,64)(H,58,63). The van der Waals surface area contributed by atoms with Gasteiger partial charge in [-0.25, -0.2) is 0 Å². The summed E-state index contributed by atoms with van der Waals surface area (Å²) in [5.74, 6) is -1.94. The summed E-state index contributed by atoms with van der Waals surface area (Å²) in [7, 11) is 0. The van der Waals surface area contributed by atoms with E-state index in [1.54, 1.807) is 24.3 Å². The van der Waals surface area contributed by atoms with E-state index in [-0.39, 0.29) is 27.8 Å².